The lowest BCUT2D eigenvalue weighted by atomic mass is 9.77. The van der Waals surface area contributed by atoms with Gasteiger partial charge in [0.1, 0.15) is 16.7 Å². The number of aryl methyl sites for hydroxylation is 1. The van der Waals surface area contributed by atoms with Crippen LogP contribution in [-0.2, 0) is 9.59 Å². The number of halogens is 2. The van der Waals surface area contributed by atoms with E-state index in [1.807, 2.05) is 6.92 Å². The van der Waals surface area contributed by atoms with E-state index in [0.717, 1.165) is 17.7 Å². The zero-order valence-corrected chi connectivity index (χ0v) is 14.6. The number of Topliss-reactive ketones (excluding diaryl/α,β-unsaturated/α-hetero) is 2. The fraction of sp³-hybridized carbons (Fsp3) is 0.389. The average molecular weight is 364 g/mol. The van der Waals surface area contributed by atoms with Gasteiger partial charge in [0.2, 0.25) is 0 Å². The molecule has 0 saturated heterocycles. The van der Waals surface area contributed by atoms with Crippen molar-refractivity contribution in [3.63, 3.8) is 0 Å². The Morgan fingerprint density at radius 2 is 1.88 bits per heavy atom. The topological polar surface area (TPSA) is 47.0 Å². The SMILES string of the molecule is Cc1sc(-c2ccc(Cl)cc2F)nc1C1C(=O)[C@@H]2CC[C@@H](C2)C1=O. The molecule has 6 heteroatoms. The van der Waals surface area contributed by atoms with Gasteiger partial charge in [0.05, 0.1) is 5.69 Å². The second-order valence-electron chi connectivity index (χ2n) is 6.53. The third-order valence-electron chi connectivity index (χ3n) is 5.07. The third kappa shape index (κ3) is 2.42. The van der Waals surface area contributed by atoms with Gasteiger partial charge in [0.25, 0.3) is 0 Å². The Hall–Kier alpha value is -1.59. The lowest BCUT2D eigenvalue weighted by molar-refractivity contribution is -0.136. The molecule has 2 saturated carbocycles. The van der Waals surface area contributed by atoms with Crippen LogP contribution in [0.5, 0.6) is 0 Å². The molecule has 0 aliphatic heterocycles. The van der Waals surface area contributed by atoms with Crippen molar-refractivity contribution in [1.82, 2.24) is 4.98 Å². The van der Waals surface area contributed by atoms with Gasteiger partial charge >= 0.3 is 0 Å². The fourth-order valence-electron chi connectivity index (χ4n) is 3.83. The molecule has 0 amide bonds. The van der Waals surface area contributed by atoms with Gasteiger partial charge in [-0.25, -0.2) is 9.37 Å². The summed E-state index contributed by atoms with van der Waals surface area (Å²) in [5.41, 5.74) is 0.855. The molecule has 2 fully saturated rings. The number of carbonyl (C=O) groups is 2. The second kappa shape index (κ2) is 5.74. The molecule has 4 rings (SSSR count). The highest BCUT2D eigenvalue weighted by Gasteiger charge is 2.48. The van der Waals surface area contributed by atoms with E-state index >= 15 is 0 Å². The van der Waals surface area contributed by atoms with Crippen molar-refractivity contribution < 1.29 is 14.0 Å². The highest BCUT2D eigenvalue weighted by Crippen LogP contribution is 2.45. The largest absolute Gasteiger partial charge is 0.298 e. The number of rotatable bonds is 2. The molecule has 1 heterocycles. The molecule has 1 aromatic heterocycles. The van der Waals surface area contributed by atoms with Gasteiger partial charge in [-0.05, 0) is 44.4 Å². The summed E-state index contributed by atoms with van der Waals surface area (Å²) < 4.78 is 14.2. The number of thiazole rings is 1. The molecule has 0 radical (unpaired) electrons. The van der Waals surface area contributed by atoms with Crippen LogP contribution in [0.3, 0.4) is 0 Å². The molecule has 124 valence electrons. The first-order valence-electron chi connectivity index (χ1n) is 7.96. The van der Waals surface area contributed by atoms with E-state index in [2.05, 4.69) is 4.98 Å². The number of hydrogen-bond acceptors (Lipinski definition) is 4. The lowest BCUT2D eigenvalue weighted by Gasteiger charge is -2.24. The number of hydrogen-bond donors (Lipinski definition) is 0. The minimum atomic E-state index is -0.767. The maximum absolute atomic E-state index is 14.2. The number of nitrogens with zero attached hydrogens (tertiary/aromatic N) is 1. The molecule has 2 aliphatic rings. The quantitative estimate of drug-likeness (QED) is 0.735. The van der Waals surface area contributed by atoms with Crippen LogP contribution in [0.1, 0.15) is 35.8 Å². The van der Waals surface area contributed by atoms with E-state index in [4.69, 9.17) is 11.6 Å². The summed E-state index contributed by atoms with van der Waals surface area (Å²) in [6, 6.07) is 4.42. The molecular formula is C18H15ClFNO2S. The van der Waals surface area contributed by atoms with Gasteiger partial charge in [-0.1, -0.05) is 11.6 Å². The fourth-order valence-corrected chi connectivity index (χ4v) is 4.97. The molecule has 0 spiro atoms. The van der Waals surface area contributed by atoms with Crippen molar-refractivity contribution in [2.75, 3.05) is 0 Å². The van der Waals surface area contributed by atoms with E-state index in [9.17, 15) is 14.0 Å². The maximum atomic E-state index is 14.2. The van der Waals surface area contributed by atoms with Crippen molar-refractivity contribution in [3.05, 3.63) is 39.6 Å². The molecule has 2 bridgehead atoms. The Morgan fingerprint density at radius 1 is 1.21 bits per heavy atom. The molecular weight excluding hydrogens is 349 g/mol. The number of benzene rings is 1. The van der Waals surface area contributed by atoms with Gasteiger partial charge in [-0.3, -0.25) is 9.59 Å². The molecule has 24 heavy (non-hydrogen) atoms. The molecule has 0 N–H and O–H groups in total. The number of fused-ring (bicyclic) bond motifs is 2. The van der Waals surface area contributed by atoms with Crippen molar-refractivity contribution in [3.8, 4) is 10.6 Å². The molecule has 1 aromatic carbocycles. The number of aromatic nitrogens is 1. The first-order chi connectivity index (χ1) is 11.5. The minimum absolute atomic E-state index is 0.00900. The van der Waals surface area contributed by atoms with Crippen LogP contribution in [0.15, 0.2) is 18.2 Å². The second-order valence-corrected chi connectivity index (χ2v) is 8.17. The van der Waals surface area contributed by atoms with Crippen molar-refractivity contribution in [2.24, 2.45) is 11.8 Å². The van der Waals surface area contributed by atoms with Gasteiger partial charge in [0.15, 0.2) is 11.6 Å². The molecule has 3 nitrogen and oxygen atoms in total. The van der Waals surface area contributed by atoms with Crippen LogP contribution < -0.4 is 0 Å². The number of ketones is 2. The number of carbonyl (C=O) groups excluding carboxylic acids is 2. The summed E-state index contributed by atoms with van der Waals surface area (Å²) in [6.07, 6.45) is 2.29. The Morgan fingerprint density at radius 3 is 2.50 bits per heavy atom. The predicted molar refractivity (Wildman–Crippen MR) is 90.8 cm³/mol. The standard InChI is InChI=1S/C18H15ClFNO2S/c1-8-15(14-16(22)9-2-3-10(6-9)17(14)23)21-18(24-8)12-5-4-11(19)7-13(12)20/h4-5,7,9-10,14H,2-3,6H2,1H3/t9-,10+,14?. The van der Waals surface area contributed by atoms with E-state index in [1.54, 1.807) is 12.1 Å². The smallest absolute Gasteiger partial charge is 0.152 e. The highest BCUT2D eigenvalue weighted by atomic mass is 35.5. The minimum Gasteiger partial charge on any atom is -0.298 e. The highest BCUT2D eigenvalue weighted by molar-refractivity contribution is 7.15. The summed E-state index contributed by atoms with van der Waals surface area (Å²) >= 11 is 7.10. The van der Waals surface area contributed by atoms with Gasteiger partial charge in [-0.15, -0.1) is 11.3 Å². The predicted octanol–water partition coefficient (Wildman–Crippen LogP) is 4.56. The summed E-state index contributed by atoms with van der Waals surface area (Å²) in [4.78, 5) is 30.6. The zero-order valence-electron chi connectivity index (χ0n) is 13.0. The van der Waals surface area contributed by atoms with E-state index < -0.39 is 11.7 Å². The Labute approximate surface area is 147 Å². The van der Waals surface area contributed by atoms with Gasteiger partial charge in [0, 0.05) is 27.3 Å². The average Bonchev–Trinajstić information content (AvgIpc) is 3.12. The zero-order chi connectivity index (χ0) is 17.0. The van der Waals surface area contributed by atoms with Crippen LogP contribution in [0, 0.1) is 24.6 Å². The summed E-state index contributed by atoms with van der Waals surface area (Å²) in [5.74, 6) is -1.28. The summed E-state index contributed by atoms with van der Waals surface area (Å²) in [6.45, 7) is 1.83. The summed E-state index contributed by atoms with van der Waals surface area (Å²) in [5, 5.41) is 0.800. The molecule has 2 aliphatic carbocycles. The van der Waals surface area contributed by atoms with Crippen LogP contribution >= 0.6 is 22.9 Å². The maximum Gasteiger partial charge on any atom is 0.152 e. The molecule has 2 aromatic rings. The lowest BCUT2D eigenvalue weighted by Crippen LogP contribution is -2.35. The van der Waals surface area contributed by atoms with Crippen LogP contribution in [0.4, 0.5) is 4.39 Å². The van der Waals surface area contributed by atoms with Crippen molar-refractivity contribution in [1.29, 1.82) is 0 Å². The van der Waals surface area contributed by atoms with Crippen molar-refractivity contribution >= 4 is 34.5 Å². The monoisotopic (exact) mass is 363 g/mol. The third-order valence-corrected chi connectivity index (χ3v) is 6.33. The molecule has 1 unspecified atom stereocenters. The van der Waals surface area contributed by atoms with Gasteiger partial charge in [-0.2, -0.15) is 0 Å². The Kier molecular flexibility index (Phi) is 3.81. The van der Waals surface area contributed by atoms with Gasteiger partial charge < -0.3 is 0 Å². The van der Waals surface area contributed by atoms with E-state index in [0.29, 0.717) is 27.7 Å². The first kappa shape index (κ1) is 15.9. The van der Waals surface area contributed by atoms with E-state index in [1.165, 1.54) is 17.4 Å². The van der Waals surface area contributed by atoms with Crippen LogP contribution in [-0.4, -0.2) is 16.6 Å². The van der Waals surface area contributed by atoms with E-state index in [-0.39, 0.29) is 23.4 Å². The van der Waals surface area contributed by atoms with Crippen LogP contribution in [0.25, 0.3) is 10.6 Å². The molecule has 3 atom stereocenters. The first-order valence-corrected chi connectivity index (χ1v) is 9.15. The Balaban J connectivity index is 1.76. The van der Waals surface area contributed by atoms with Crippen molar-refractivity contribution in [2.45, 2.75) is 32.1 Å². The summed E-state index contributed by atoms with van der Waals surface area (Å²) in [7, 11) is 0. The Bertz CT molecular complexity index is 841. The normalized spacial score (nSPS) is 26.2. The van der Waals surface area contributed by atoms with Crippen LogP contribution in [0.2, 0.25) is 5.02 Å².